The lowest BCUT2D eigenvalue weighted by molar-refractivity contribution is -0.136. The van der Waals surface area contributed by atoms with Gasteiger partial charge in [-0.15, -0.1) is 0 Å². The number of aromatic nitrogens is 2. The van der Waals surface area contributed by atoms with Gasteiger partial charge in [0.25, 0.3) is 0 Å². The Labute approximate surface area is 140 Å². The Morgan fingerprint density at radius 1 is 1.42 bits per heavy atom. The van der Waals surface area contributed by atoms with E-state index in [1.807, 2.05) is 18.7 Å². The minimum atomic E-state index is -0.297. The van der Waals surface area contributed by atoms with Crippen LogP contribution in [0.2, 0.25) is 0 Å². The van der Waals surface area contributed by atoms with Crippen molar-refractivity contribution in [3.05, 3.63) is 36.0 Å². The van der Waals surface area contributed by atoms with Crippen molar-refractivity contribution in [1.29, 1.82) is 0 Å². The molecule has 0 spiro atoms. The monoisotopic (exact) mass is 331 g/mol. The molecule has 1 aromatic carbocycles. The minimum absolute atomic E-state index is 0.0428. The summed E-state index contributed by atoms with van der Waals surface area (Å²) in [6, 6.07) is 6.00. The number of carbonyl (C=O) groups excluding carboxylic acids is 1. The number of hydrogen-bond acceptors (Lipinski definition) is 4. The first kappa shape index (κ1) is 16.6. The molecule has 0 bridgehead atoms. The van der Waals surface area contributed by atoms with E-state index in [0.29, 0.717) is 18.3 Å². The highest BCUT2D eigenvalue weighted by Crippen LogP contribution is 2.28. The van der Waals surface area contributed by atoms with E-state index in [1.54, 1.807) is 12.1 Å². The van der Waals surface area contributed by atoms with E-state index in [0.717, 1.165) is 31.4 Å². The smallest absolute Gasteiger partial charge is 0.231 e. The maximum Gasteiger partial charge on any atom is 0.231 e. The van der Waals surface area contributed by atoms with Crippen LogP contribution in [-0.4, -0.2) is 34.0 Å². The van der Waals surface area contributed by atoms with Gasteiger partial charge in [0.05, 0.1) is 5.92 Å². The van der Waals surface area contributed by atoms with Crippen LogP contribution in [-0.2, 0) is 4.79 Å². The predicted molar refractivity (Wildman–Crippen MR) is 87.7 cm³/mol. The summed E-state index contributed by atoms with van der Waals surface area (Å²) in [6.45, 7) is 5.40. The molecular weight excluding hydrogens is 309 g/mol. The zero-order chi connectivity index (χ0) is 17.1. The van der Waals surface area contributed by atoms with Gasteiger partial charge in [0, 0.05) is 24.6 Å². The van der Waals surface area contributed by atoms with Gasteiger partial charge in [0.1, 0.15) is 5.82 Å². The van der Waals surface area contributed by atoms with Gasteiger partial charge < -0.3 is 9.42 Å². The Hall–Kier alpha value is -2.24. The molecule has 3 rings (SSSR count). The van der Waals surface area contributed by atoms with Crippen molar-refractivity contribution >= 4 is 5.91 Å². The van der Waals surface area contributed by atoms with Gasteiger partial charge in [-0.25, -0.2) is 4.39 Å². The Balaban J connectivity index is 1.72. The summed E-state index contributed by atoms with van der Waals surface area (Å²) < 4.78 is 18.4. The van der Waals surface area contributed by atoms with Crippen LogP contribution in [0.4, 0.5) is 4.39 Å². The van der Waals surface area contributed by atoms with Crippen molar-refractivity contribution in [3.63, 3.8) is 0 Å². The van der Waals surface area contributed by atoms with Gasteiger partial charge >= 0.3 is 0 Å². The van der Waals surface area contributed by atoms with Crippen LogP contribution in [0.15, 0.2) is 28.8 Å². The maximum atomic E-state index is 13.0. The molecule has 1 aromatic heterocycles. The molecule has 128 valence electrons. The van der Waals surface area contributed by atoms with Crippen molar-refractivity contribution in [2.75, 3.05) is 13.1 Å². The molecule has 0 saturated carbocycles. The van der Waals surface area contributed by atoms with Gasteiger partial charge in [-0.1, -0.05) is 19.0 Å². The van der Waals surface area contributed by atoms with Gasteiger partial charge in [-0.2, -0.15) is 4.98 Å². The molecule has 2 aromatic rings. The lowest BCUT2D eigenvalue weighted by atomic mass is 9.96. The van der Waals surface area contributed by atoms with Crippen molar-refractivity contribution < 1.29 is 13.7 Å². The summed E-state index contributed by atoms with van der Waals surface area (Å²) in [6.07, 6.45) is 2.70. The zero-order valence-corrected chi connectivity index (χ0v) is 14.0. The van der Waals surface area contributed by atoms with Crippen molar-refractivity contribution in [1.82, 2.24) is 15.0 Å². The molecule has 6 heteroatoms. The SMILES string of the molecule is CC[C@@H](C)C(=O)N1CCC[C@@H](c2nc(-c3ccc(F)cc3)no2)C1. The molecule has 2 atom stereocenters. The standard InChI is InChI=1S/C18H22FN3O2/c1-3-12(2)18(23)22-10-4-5-14(11-22)17-20-16(21-24-17)13-6-8-15(19)9-7-13/h6-9,12,14H,3-5,10-11H2,1-2H3/t12-,14-/m1/s1. The summed E-state index contributed by atoms with van der Waals surface area (Å²) in [4.78, 5) is 18.7. The predicted octanol–water partition coefficient (Wildman–Crippen LogP) is 3.63. The fraction of sp³-hybridized carbons (Fsp3) is 0.500. The summed E-state index contributed by atoms with van der Waals surface area (Å²) in [5.41, 5.74) is 0.717. The molecule has 0 N–H and O–H groups in total. The first-order chi connectivity index (χ1) is 11.6. The maximum absolute atomic E-state index is 13.0. The number of nitrogens with zero attached hydrogens (tertiary/aromatic N) is 3. The number of likely N-dealkylation sites (tertiary alicyclic amines) is 1. The second-order valence-corrected chi connectivity index (χ2v) is 6.40. The van der Waals surface area contributed by atoms with Gasteiger partial charge in [0.15, 0.2) is 0 Å². The second-order valence-electron chi connectivity index (χ2n) is 6.40. The molecule has 1 fully saturated rings. The summed E-state index contributed by atoms with van der Waals surface area (Å²) in [7, 11) is 0. The number of amides is 1. The van der Waals surface area contributed by atoms with Crippen molar-refractivity contribution in [3.8, 4) is 11.4 Å². The Bertz CT molecular complexity index is 699. The summed E-state index contributed by atoms with van der Waals surface area (Å²) >= 11 is 0. The normalized spacial score (nSPS) is 19.3. The highest BCUT2D eigenvalue weighted by molar-refractivity contribution is 5.78. The van der Waals surface area contributed by atoms with Crippen LogP contribution < -0.4 is 0 Å². The van der Waals surface area contributed by atoms with Crippen LogP contribution in [0, 0.1) is 11.7 Å². The highest BCUT2D eigenvalue weighted by Gasteiger charge is 2.30. The van der Waals surface area contributed by atoms with Crippen LogP contribution in [0.5, 0.6) is 0 Å². The third kappa shape index (κ3) is 3.47. The molecule has 1 saturated heterocycles. The first-order valence-electron chi connectivity index (χ1n) is 8.46. The van der Waals surface area contributed by atoms with E-state index in [2.05, 4.69) is 10.1 Å². The van der Waals surface area contributed by atoms with Crippen LogP contribution in [0.25, 0.3) is 11.4 Å². The van der Waals surface area contributed by atoms with E-state index in [1.165, 1.54) is 12.1 Å². The Morgan fingerprint density at radius 2 is 2.17 bits per heavy atom. The number of halogens is 1. The van der Waals surface area contributed by atoms with Crippen LogP contribution >= 0.6 is 0 Å². The van der Waals surface area contributed by atoms with Gasteiger partial charge in [0.2, 0.25) is 17.6 Å². The molecule has 1 amide bonds. The molecule has 24 heavy (non-hydrogen) atoms. The van der Waals surface area contributed by atoms with E-state index >= 15 is 0 Å². The van der Waals surface area contributed by atoms with E-state index in [9.17, 15) is 9.18 Å². The first-order valence-corrected chi connectivity index (χ1v) is 8.46. The highest BCUT2D eigenvalue weighted by atomic mass is 19.1. The van der Waals surface area contributed by atoms with Gasteiger partial charge in [-0.3, -0.25) is 4.79 Å². The Morgan fingerprint density at radius 3 is 2.88 bits per heavy atom. The van der Waals surface area contributed by atoms with E-state index in [-0.39, 0.29) is 23.6 Å². The molecular formula is C18H22FN3O2. The average molecular weight is 331 g/mol. The number of benzene rings is 1. The molecule has 5 nitrogen and oxygen atoms in total. The third-order valence-electron chi connectivity index (χ3n) is 4.66. The van der Waals surface area contributed by atoms with E-state index < -0.39 is 0 Å². The summed E-state index contributed by atoms with van der Waals surface area (Å²) in [5, 5.41) is 4.00. The number of piperidine rings is 1. The van der Waals surface area contributed by atoms with Crippen LogP contribution in [0.3, 0.4) is 0 Å². The molecule has 0 radical (unpaired) electrons. The minimum Gasteiger partial charge on any atom is -0.342 e. The topological polar surface area (TPSA) is 59.2 Å². The van der Waals surface area contributed by atoms with Crippen molar-refractivity contribution in [2.24, 2.45) is 5.92 Å². The number of carbonyl (C=O) groups is 1. The lowest BCUT2D eigenvalue weighted by Crippen LogP contribution is -2.41. The van der Waals surface area contributed by atoms with Crippen LogP contribution in [0.1, 0.15) is 44.9 Å². The molecule has 1 aliphatic heterocycles. The van der Waals surface area contributed by atoms with Gasteiger partial charge in [-0.05, 0) is 43.5 Å². The van der Waals surface area contributed by atoms with E-state index in [4.69, 9.17) is 4.52 Å². The fourth-order valence-corrected chi connectivity index (χ4v) is 2.98. The largest absolute Gasteiger partial charge is 0.342 e. The summed E-state index contributed by atoms with van der Waals surface area (Å²) in [5.74, 6) is 1.01. The second kappa shape index (κ2) is 7.11. The molecule has 1 aliphatic rings. The number of rotatable bonds is 4. The third-order valence-corrected chi connectivity index (χ3v) is 4.66. The quantitative estimate of drug-likeness (QED) is 0.858. The van der Waals surface area contributed by atoms with Crippen molar-refractivity contribution in [2.45, 2.75) is 39.0 Å². The lowest BCUT2D eigenvalue weighted by Gasteiger charge is -2.32. The average Bonchev–Trinajstić information content (AvgIpc) is 3.11. The number of hydrogen-bond donors (Lipinski definition) is 0. The fourth-order valence-electron chi connectivity index (χ4n) is 2.98. The molecule has 0 unspecified atom stereocenters. The Kier molecular flexibility index (Phi) is 4.92. The molecule has 0 aliphatic carbocycles. The zero-order valence-electron chi connectivity index (χ0n) is 14.0. The molecule has 2 heterocycles.